The summed E-state index contributed by atoms with van der Waals surface area (Å²) in [6.45, 7) is 20.5. The Morgan fingerprint density at radius 2 is 1.62 bits per heavy atom. The monoisotopic (exact) mass is 224 g/mol. The molecule has 0 amide bonds. The molecule has 16 heavy (non-hydrogen) atoms. The van der Waals surface area contributed by atoms with Gasteiger partial charge in [-0.2, -0.15) is 0 Å². The lowest BCUT2D eigenvalue weighted by molar-refractivity contribution is 0.0945. The molecule has 2 atom stereocenters. The van der Waals surface area contributed by atoms with Crippen LogP contribution in [0.1, 0.15) is 67.7 Å². The summed E-state index contributed by atoms with van der Waals surface area (Å²) in [5.74, 6) is 1.59. The van der Waals surface area contributed by atoms with Gasteiger partial charge in [-0.25, -0.2) is 0 Å². The second-order valence-electron chi connectivity index (χ2n) is 7.00. The van der Waals surface area contributed by atoms with Crippen molar-refractivity contribution in [2.45, 2.75) is 67.7 Å². The van der Waals surface area contributed by atoms with Crippen LogP contribution in [0.2, 0.25) is 0 Å². The average Bonchev–Trinajstić information content (AvgIpc) is 2.13. The van der Waals surface area contributed by atoms with Gasteiger partial charge in [-0.05, 0) is 35.5 Å². The Kier molecular flexibility index (Phi) is 5.79. The predicted octanol–water partition coefficient (Wildman–Crippen LogP) is 5.69. The van der Waals surface area contributed by atoms with E-state index in [1.807, 2.05) is 0 Å². The third kappa shape index (κ3) is 4.72. The van der Waals surface area contributed by atoms with Crippen molar-refractivity contribution in [3.63, 3.8) is 0 Å². The number of rotatable bonds is 7. The first-order chi connectivity index (χ1) is 7.16. The van der Waals surface area contributed by atoms with Crippen molar-refractivity contribution in [1.29, 1.82) is 0 Å². The lowest BCUT2D eigenvalue weighted by atomic mass is 9.64. The van der Waals surface area contributed by atoms with E-state index in [2.05, 4.69) is 61.1 Å². The van der Waals surface area contributed by atoms with Gasteiger partial charge in [0.1, 0.15) is 0 Å². The zero-order valence-electron chi connectivity index (χ0n) is 12.6. The molecule has 0 aromatic carbocycles. The van der Waals surface area contributed by atoms with Crippen LogP contribution in [0.15, 0.2) is 12.7 Å². The molecule has 0 nitrogen and oxygen atoms in total. The second-order valence-corrected chi connectivity index (χ2v) is 7.00. The summed E-state index contributed by atoms with van der Waals surface area (Å²) in [6.07, 6.45) is 5.73. The first-order valence-electron chi connectivity index (χ1n) is 6.77. The lowest BCUT2D eigenvalue weighted by Crippen LogP contribution is -2.32. The van der Waals surface area contributed by atoms with E-state index in [4.69, 9.17) is 0 Å². The van der Waals surface area contributed by atoms with Crippen molar-refractivity contribution in [1.82, 2.24) is 0 Å². The number of allylic oxidation sites excluding steroid dienone is 1. The molecule has 0 radical (unpaired) electrons. The molecule has 0 rings (SSSR count). The smallest absolute Gasteiger partial charge is 0.0302 e. The maximum atomic E-state index is 3.87. The summed E-state index contributed by atoms with van der Waals surface area (Å²) in [6, 6.07) is 0. The van der Waals surface area contributed by atoms with Gasteiger partial charge in [0.2, 0.25) is 0 Å². The van der Waals surface area contributed by atoms with Gasteiger partial charge in [-0.15, -0.1) is 6.58 Å². The fraction of sp³-hybridized carbons (Fsp3) is 0.875. The van der Waals surface area contributed by atoms with Crippen LogP contribution in [-0.4, -0.2) is 0 Å². The molecule has 0 heterocycles. The van der Waals surface area contributed by atoms with Crippen molar-refractivity contribution in [2.24, 2.45) is 22.7 Å². The van der Waals surface area contributed by atoms with Gasteiger partial charge < -0.3 is 0 Å². The van der Waals surface area contributed by atoms with Crippen LogP contribution in [-0.2, 0) is 0 Å². The van der Waals surface area contributed by atoms with Crippen molar-refractivity contribution >= 4 is 0 Å². The summed E-state index contributed by atoms with van der Waals surface area (Å²) in [5.41, 5.74) is 0.801. The molecule has 0 saturated heterocycles. The minimum Gasteiger partial charge on any atom is -0.103 e. The minimum atomic E-state index is 0.382. The highest BCUT2D eigenvalue weighted by Crippen LogP contribution is 2.44. The van der Waals surface area contributed by atoms with E-state index in [9.17, 15) is 0 Å². The minimum absolute atomic E-state index is 0.382. The molecule has 0 aliphatic rings. The zero-order chi connectivity index (χ0) is 13.0. The molecule has 2 unspecified atom stereocenters. The largest absolute Gasteiger partial charge is 0.103 e. The second kappa shape index (κ2) is 5.89. The Hall–Kier alpha value is -0.260. The topological polar surface area (TPSA) is 0 Å². The third-order valence-electron chi connectivity index (χ3n) is 4.36. The van der Waals surface area contributed by atoms with Crippen LogP contribution in [0.5, 0.6) is 0 Å². The summed E-state index contributed by atoms with van der Waals surface area (Å²) < 4.78 is 0. The molecule has 0 aromatic heterocycles. The number of hydrogen-bond donors (Lipinski definition) is 0. The Balaban J connectivity index is 4.60. The molecule has 0 N–H and O–H groups in total. The van der Waals surface area contributed by atoms with E-state index < -0.39 is 0 Å². The molecule has 0 aromatic rings. The van der Waals surface area contributed by atoms with Gasteiger partial charge in [0.05, 0.1) is 0 Å². The van der Waals surface area contributed by atoms with E-state index in [-0.39, 0.29) is 0 Å². The molecular formula is C16H32. The van der Waals surface area contributed by atoms with Gasteiger partial charge in [0, 0.05) is 0 Å². The molecule has 0 bridgehead atoms. The van der Waals surface area contributed by atoms with Crippen molar-refractivity contribution in [2.75, 3.05) is 0 Å². The summed E-state index contributed by atoms with van der Waals surface area (Å²) in [7, 11) is 0. The van der Waals surface area contributed by atoms with E-state index in [0.717, 1.165) is 18.3 Å². The Morgan fingerprint density at radius 3 is 2.00 bits per heavy atom. The van der Waals surface area contributed by atoms with Crippen LogP contribution in [0.4, 0.5) is 0 Å². The molecule has 0 aliphatic heterocycles. The van der Waals surface area contributed by atoms with Crippen LogP contribution in [0.25, 0.3) is 0 Å². The van der Waals surface area contributed by atoms with Gasteiger partial charge in [-0.3, -0.25) is 0 Å². The van der Waals surface area contributed by atoms with Gasteiger partial charge in [0.15, 0.2) is 0 Å². The summed E-state index contributed by atoms with van der Waals surface area (Å²) >= 11 is 0. The highest BCUT2D eigenvalue weighted by molar-refractivity contribution is 4.88. The maximum absolute atomic E-state index is 3.87. The molecule has 0 fully saturated rings. The fourth-order valence-electron chi connectivity index (χ4n) is 2.98. The van der Waals surface area contributed by atoms with Crippen molar-refractivity contribution in [3.8, 4) is 0 Å². The highest BCUT2D eigenvalue weighted by Gasteiger charge is 2.34. The number of hydrogen-bond acceptors (Lipinski definition) is 0. The standard InChI is InChI=1S/C16H32/c1-9-11-15(5,6)12-16(7,8)14(4)13(3)10-2/h9,13-14H,1,10-12H2,2-8H3. The van der Waals surface area contributed by atoms with Crippen LogP contribution >= 0.6 is 0 Å². The van der Waals surface area contributed by atoms with Crippen LogP contribution in [0, 0.1) is 22.7 Å². The van der Waals surface area contributed by atoms with Gasteiger partial charge >= 0.3 is 0 Å². The highest BCUT2D eigenvalue weighted by atomic mass is 14.4. The van der Waals surface area contributed by atoms with Gasteiger partial charge in [0.25, 0.3) is 0 Å². The molecule has 0 aliphatic carbocycles. The summed E-state index contributed by atoms with van der Waals surface area (Å²) in [4.78, 5) is 0. The first-order valence-corrected chi connectivity index (χ1v) is 6.77. The quantitative estimate of drug-likeness (QED) is 0.487. The van der Waals surface area contributed by atoms with E-state index in [0.29, 0.717) is 10.8 Å². The Bertz CT molecular complexity index is 210. The Morgan fingerprint density at radius 1 is 1.12 bits per heavy atom. The van der Waals surface area contributed by atoms with Gasteiger partial charge in [-0.1, -0.05) is 61.0 Å². The average molecular weight is 224 g/mol. The maximum Gasteiger partial charge on any atom is -0.0302 e. The molecule has 0 heteroatoms. The van der Waals surface area contributed by atoms with Crippen LogP contribution in [0.3, 0.4) is 0 Å². The van der Waals surface area contributed by atoms with E-state index >= 15 is 0 Å². The summed E-state index contributed by atoms with van der Waals surface area (Å²) in [5, 5.41) is 0. The molecule has 0 saturated carbocycles. The fourth-order valence-corrected chi connectivity index (χ4v) is 2.98. The normalized spacial score (nSPS) is 16.9. The molecular weight excluding hydrogens is 192 g/mol. The first kappa shape index (κ1) is 15.7. The van der Waals surface area contributed by atoms with Crippen LogP contribution < -0.4 is 0 Å². The molecule has 0 spiro atoms. The predicted molar refractivity (Wildman–Crippen MR) is 75.6 cm³/mol. The van der Waals surface area contributed by atoms with Crippen molar-refractivity contribution in [3.05, 3.63) is 12.7 Å². The zero-order valence-corrected chi connectivity index (χ0v) is 12.6. The third-order valence-corrected chi connectivity index (χ3v) is 4.36. The Labute approximate surface area is 104 Å². The molecule has 96 valence electrons. The SMILES string of the molecule is C=CCC(C)(C)CC(C)(C)C(C)C(C)CC. The van der Waals surface area contributed by atoms with E-state index in [1.54, 1.807) is 0 Å². The van der Waals surface area contributed by atoms with E-state index in [1.165, 1.54) is 12.8 Å². The lowest BCUT2D eigenvalue weighted by Gasteiger charge is -2.41. The van der Waals surface area contributed by atoms with Crippen molar-refractivity contribution < 1.29 is 0 Å².